The number of ether oxygens (including phenoxy) is 2. The fourth-order valence-electron chi connectivity index (χ4n) is 4.29. The first-order valence-corrected chi connectivity index (χ1v) is 9.63. The van der Waals surface area contributed by atoms with Crippen LogP contribution in [0.5, 0.6) is 23.0 Å². The predicted molar refractivity (Wildman–Crippen MR) is 116 cm³/mol. The molecule has 0 bridgehead atoms. The quantitative estimate of drug-likeness (QED) is 0.665. The van der Waals surface area contributed by atoms with Crippen molar-refractivity contribution in [3.63, 3.8) is 0 Å². The second-order valence-corrected chi connectivity index (χ2v) is 7.69. The number of nitrogens with zero attached hydrogens (tertiary/aromatic N) is 1. The summed E-state index contributed by atoms with van der Waals surface area (Å²) in [6, 6.07) is 7.80. The first-order chi connectivity index (χ1) is 13.8. The number of hydrogen-bond donors (Lipinski definition) is 2. The van der Waals surface area contributed by atoms with Crippen molar-refractivity contribution in [3.8, 4) is 34.1 Å². The zero-order chi connectivity index (χ0) is 20.9. The highest BCUT2D eigenvalue weighted by atomic mass is 16.5. The van der Waals surface area contributed by atoms with E-state index in [4.69, 9.17) is 9.47 Å². The van der Waals surface area contributed by atoms with Gasteiger partial charge in [0.1, 0.15) is 23.0 Å². The first kappa shape index (κ1) is 19.1. The molecule has 0 amide bonds. The molecule has 1 atom stereocenters. The highest BCUT2D eigenvalue weighted by Gasteiger charge is 2.26. The zero-order valence-electron chi connectivity index (χ0n) is 17.3. The van der Waals surface area contributed by atoms with Crippen LogP contribution in [0.4, 0.5) is 0 Å². The molecule has 0 saturated carbocycles. The Labute approximate surface area is 170 Å². The normalized spacial score (nSPS) is 15.4. The van der Waals surface area contributed by atoms with E-state index < -0.39 is 0 Å². The van der Waals surface area contributed by atoms with Crippen molar-refractivity contribution in [2.45, 2.75) is 33.2 Å². The summed E-state index contributed by atoms with van der Waals surface area (Å²) in [7, 11) is 3.16. The summed E-state index contributed by atoms with van der Waals surface area (Å²) in [4.78, 5) is 4.51. The minimum absolute atomic E-state index is 0.0616. The van der Waals surface area contributed by atoms with Gasteiger partial charge < -0.3 is 19.7 Å². The lowest BCUT2D eigenvalue weighted by Gasteiger charge is -2.23. The molecular weight excluding hydrogens is 366 g/mol. The van der Waals surface area contributed by atoms with E-state index >= 15 is 0 Å². The van der Waals surface area contributed by atoms with Crippen LogP contribution in [0.2, 0.25) is 0 Å². The Morgan fingerprint density at radius 2 is 1.76 bits per heavy atom. The van der Waals surface area contributed by atoms with Gasteiger partial charge in [0.15, 0.2) is 0 Å². The standard InChI is InChI=1S/C24H25NO4/c1-12-6-16-8-13(2)20(23(27)21(16)19(7-12)28-4)22-18(26)10-15-9-14(3)25-11-17(15)24(22)29-5/h6-8,10-11,14,26-27H,9H2,1-5H3/t14-/m0/s1. The number of aliphatic imine (C=N–C) groups is 1. The van der Waals surface area contributed by atoms with Crippen LogP contribution in [-0.4, -0.2) is 36.7 Å². The molecule has 3 aromatic carbocycles. The molecule has 0 aliphatic carbocycles. The third-order valence-corrected chi connectivity index (χ3v) is 5.55. The van der Waals surface area contributed by atoms with Crippen molar-refractivity contribution in [1.29, 1.82) is 0 Å². The molecule has 0 spiro atoms. The number of aromatic hydroxyl groups is 2. The second-order valence-electron chi connectivity index (χ2n) is 7.69. The van der Waals surface area contributed by atoms with Gasteiger partial charge >= 0.3 is 0 Å². The molecule has 0 radical (unpaired) electrons. The number of aryl methyl sites for hydroxylation is 2. The Balaban J connectivity index is 2.09. The largest absolute Gasteiger partial charge is 0.507 e. The van der Waals surface area contributed by atoms with Crippen LogP contribution in [0.3, 0.4) is 0 Å². The second kappa shape index (κ2) is 6.99. The van der Waals surface area contributed by atoms with Crippen LogP contribution >= 0.6 is 0 Å². The molecule has 29 heavy (non-hydrogen) atoms. The van der Waals surface area contributed by atoms with Crippen LogP contribution in [0, 0.1) is 13.8 Å². The van der Waals surface area contributed by atoms with Gasteiger partial charge in [-0.05, 0) is 61.4 Å². The Hall–Kier alpha value is -3.21. The molecule has 2 N–H and O–H groups in total. The first-order valence-electron chi connectivity index (χ1n) is 9.63. The summed E-state index contributed by atoms with van der Waals surface area (Å²) in [5, 5.41) is 23.7. The van der Waals surface area contributed by atoms with E-state index in [1.807, 2.05) is 39.0 Å². The third kappa shape index (κ3) is 2.97. The molecule has 150 valence electrons. The van der Waals surface area contributed by atoms with Crippen LogP contribution in [0.1, 0.15) is 29.2 Å². The number of rotatable bonds is 3. The molecule has 5 nitrogen and oxygen atoms in total. The summed E-state index contributed by atoms with van der Waals surface area (Å²) in [6.07, 6.45) is 2.52. The SMILES string of the molecule is COc1c2c(cc(O)c1-c1c(C)cc3cc(C)cc(OC)c3c1O)C[C@H](C)N=C2. The summed E-state index contributed by atoms with van der Waals surface area (Å²) in [5.41, 5.74) is 4.69. The van der Waals surface area contributed by atoms with E-state index in [2.05, 4.69) is 4.99 Å². The molecule has 0 fully saturated rings. The number of fused-ring (bicyclic) bond motifs is 2. The summed E-state index contributed by atoms with van der Waals surface area (Å²) in [6.45, 7) is 5.93. The predicted octanol–water partition coefficient (Wildman–Crippen LogP) is 4.92. The summed E-state index contributed by atoms with van der Waals surface area (Å²) in [5.74, 6) is 1.24. The highest BCUT2D eigenvalue weighted by Crippen LogP contribution is 2.50. The Bertz CT molecular complexity index is 1160. The van der Waals surface area contributed by atoms with E-state index in [1.54, 1.807) is 26.5 Å². The van der Waals surface area contributed by atoms with Crippen LogP contribution in [0.25, 0.3) is 21.9 Å². The summed E-state index contributed by atoms with van der Waals surface area (Å²) < 4.78 is 11.3. The van der Waals surface area contributed by atoms with E-state index in [0.29, 0.717) is 28.0 Å². The van der Waals surface area contributed by atoms with Gasteiger partial charge in [-0.2, -0.15) is 0 Å². The number of benzene rings is 3. The number of phenols is 2. The fourth-order valence-corrected chi connectivity index (χ4v) is 4.29. The van der Waals surface area contributed by atoms with Gasteiger partial charge in [0, 0.05) is 17.3 Å². The molecule has 3 aromatic rings. The van der Waals surface area contributed by atoms with Gasteiger partial charge in [0.2, 0.25) is 0 Å². The summed E-state index contributed by atoms with van der Waals surface area (Å²) >= 11 is 0. The van der Waals surface area contributed by atoms with Crippen LogP contribution in [0.15, 0.2) is 29.3 Å². The topological polar surface area (TPSA) is 71.3 Å². The van der Waals surface area contributed by atoms with Crippen molar-refractivity contribution < 1.29 is 19.7 Å². The van der Waals surface area contributed by atoms with Crippen molar-refractivity contribution in [3.05, 3.63) is 46.5 Å². The molecule has 0 aromatic heterocycles. The zero-order valence-corrected chi connectivity index (χ0v) is 17.3. The van der Waals surface area contributed by atoms with Gasteiger partial charge in [-0.25, -0.2) is 0 Å². The minimum atomic E-state index is 0.0616. The molecule has 4 rings (SSSR count). The minimum Gasteiger partial charge on any atom is -0.507 e. The maximum absolute atomic E-state index is 11.3. The van der Waals surface area contributed by atoms with Gasteiger partial charge in [-0.15, -0.1) is 0 Å². The van der Waals surface area contributed by atoms with E-state index in [-0.39, 0.29) is 17.5 Å². The Kier molecular flexibility index (Phi) is 4.61. The monoisotopic (exact) mass is 391 g/mol. The number of phenolic OH excluding ortho intramolecular Hbond substituents is 2. The number of methoxy groups -OCH3 is 2. The molecule has 1 aliphatic rings. The van der Waals surface area contributed by atoms with Crippen molar-refractivity contribution in [2.24, 2.45) is 4.99 Å². The van der Waals surface area contributed by atoms with Gasteiger partial charge in [0.05, 0.1) is 31.2 Å². The fraction of sp³-hybridized carbons (Fsp3) is 0.292. The van der Waals surface area contributed by atoms with E-state index in [0.717, 1.165) is 34.1 Å². The maximum Gasteiger partial charge on any atom is 0.139 e. The van der Waals surface area contributed by atoms with Gasteiger partial charge in [0.25, 0.3) is 0 Å². The molecule has 1 aliphatic heterocycles. The average molecular weight is 391 g/mol. The van der Waals surface area contributed by atoms with Crippen molar-refractivity contribution in [1.82, 2.24) is 0 Å². The molecule has 0 saturated heterocycles. The highest BCUT2D eigenvalue weighted by molar-refractivity contribution is 6.04. The third-order valence-electron chi connectivity index (χ3n) is 5.55. The van der Waals surface area contributed by atoms with Crippen LogP contribution in [-0.2, 0) is 6.42 Å². The number of hydrogen-bond acceptors (Lipinski definition) is 5. The maximum atomic E-state index is 11.3. The van der Waals surface area contributed by atoms with Gasteiger partial charge in [-0.3, -0.25) is 4.99 Å². The molecule has 0 unspecified atom stereocenters. The lowest BCUT2D eigenvalue weighted by molar-refractivity contribution is 0.406. The lowest BCUT2D eigenvalue weighted by Crippen LogP contribution is -2.13. The van der Waals surface area contributed by atoms with Crippen molar-refractivity contribution in [2.75, 3.05) is 14.2 Å². The lowest BCUT2D eigenvalue weighted by atomic mass is 9.88. The molecule has 1 heterocycles. The van der Waals surface area contributed by atoms with E-state index in [1.165, 1.54) is 0 Å². The van der Waals surface area contributed by atoms with E-state index in [9.17, 15) is 10.2 Å². The molecule has 5 heteroatoms. The average Bonchev–Trinajstić information content (AvgIpc) is 2.66. The smallest absolute Gasteiger partial charge is 0.139 e. The van der Waals surface area contributed by atoms with Gasteiger partial charge in [-0.1, -0.05) is 12.1 Å². The van der Waals surface area contributed by atoms with Crippen LogP contribution < -0.4 is 9.47 Å². The Morgan fingerprint density at radius 1 is 1.00 bits per heavy atom. The molecular formula is C24H25NO4. The van der Waals surface area contributed by atoms with Crippen molar-refractivity contribution >= 4 is 17.0 Å². The Morgan fingerprint density at radius 3 is 2.45 bits per heavy atom.